The first-order valence-electron chi connectivity index (χ1n) is 6.22. The van der Waals surface area contributed by atoms with Crippen LogP contribution in [0.4, 0.5) is 0 Å². The topological polar surface area (TPSA) is 69.2 Å². The van der Waals surface area contributed by atoms with Gasteiger partial charge in [0, 0.05) is 8.59 Å². The van der Waals surface area contributed by atoms with E-state index in [9.17, 15) is 14.7 Å². The number of carboxylic acids is 1. The van der Waals surface area contributed by atoms with Crippen molar-refractivity contribution < 1.29 is 14.7 Å². The van der Waals surface area contributed by atoms with Crippen LogP contribution in [0.3, 0.4) is 0 Å². The Bertz CT molecular complexity index is 741. The van der Waals surface area contributed by atoms with E-state index < -0.39 is 11.9 Å². The molecule has 0 bridgehead atoms. The van der Waals surface area contributed by atoms with Gasteiger partial charge in [-0.15, -0.1) is 0 Å². The van der Waals surface area contributed by atoms with E-state index in [1.165, 1.54) is 6.08 Å². The van der Waals surface area contributed by atoms with Crippen LogP contribution in [0.25, 0.3) is 6.08 Å². The van der Waals surface area contributed by atoms with E-state index >= 15 is 0 Å². The summed E-state index contributed by atoms with van der Waals surface area (Å²) in [6.07, 6.45) is 1.32. The molecule has 0 aliphatic carbocycles. The highest BCUT2D eigenvalue weighted by atomic mass is 127. The van der Waals surface area contributed by atoms with Crippen LogP contribution in [0.15, 0.2) is 54.2 Å². The summed E-state index contributed by atoms with van der Waals surface area (Å²) >= 11 is 7.78. The highest BCUT2D eigenvalue weighted by molar-refractivity contribution is 14.1. The molecule has 0 fully saturated rings. The van der Waals surface area contributed by atoms with Gasteiger partial charge in [0.05, 0.1) is 17.2 Å². The first-order valence-corrected chi connectivity index (χ1v) is 7.67. The maximum atomic E-state index is 12.2. The number of hydrogen-bond acceptors (Lipinski definition) is 3. The minimum Gasteiger partial charge on any atom is -0.543 e. The predicted molar refractivity (Wildman–Crippen MR) is 91.1 cm³/mol. The number of hydrogen-bond donors (Lipinski definition) is 1. The summed E-state index contributed by atoms with van der Waals surface area (Å²) in [6, 6.07) is 13.4. The molecule has 6 heteroatoms. The molecular weight excluding hydrogens is 417 g/mol. The number of carbonyl (C=O) groups excluding carboxylic acids is 2. The van der Waals surface area contributed by atoms with Crippen molar-refractivity contribution in [3.05, 3.63) is 73.9 Å². The molecule has 112 valence electrons. The molecule has 4 nitrogen and oxygen atoms in total. The molecule has 0 saturated heterocycles. The van der Waals surface area contributed by atoms with Crippen LogP contribution < -0.4 is 10.4 Å². The number of aliphatic carboxylic acids is 1. The average molecular weight is 427 g/mol. The van der Waals surface area contributed by atoms with Crippen molar-refractivity contribution in [2.24, 2.45) is 0 Å². The molecule has 2 aromatic rings. The lowest BCUT2D eigenvalue weighted by Gasteiger charge is -2.12. The first-order chi connectivity index (χ1) is 10.5. The molecule has 1 amide bonds. The van der Waals surface area contributed by atoms with Crippen LogP contribution in [0.2, 0.25) is 5.02 Å². The smallest absolute Gasteiger partial charge is 0.256 e. The third-order valence-corrected chi connectivity index (χ3v) is 3.96. The fourth-order valence-electron chi connectivity index (χ4n) is 1.71. The molecular formula is C16H10ClINO3-. The SMILES string of the molecule is O=C([O-])/C(=C\c1ccc(Cl)cc1)NC(=O)c1ccccc1I. The van der Waals surface area contributed by atoms with E-state index in [4.69, 9.17) is 11.6 Å². The van der Waals surface area contributed by atoms with Gasteiger partial charge in [-0.25, -0.2) is 0 Å². The number of rotatable bonds is 4. The van der Waals surface area contributed by atoms with Crippen molar-refractivity contribution in [2.45, 2.75) is 0 Å². The van der Waals surface area contributed by atoms with E-state index in [0.29, 0.717) is 16.1 Å². The summed E-state index contributed by atoms with van der Waals surface area (Å²) in [5.74, 6) is -1.97. The van der Waals surface area contributed by atoms with E-state index in [0.717, 1.165) is 3.57 Å². The van der Waals surface area contributed by atoms with Gasteiger partial charge in [-0.2, -0.15) is 0 Å². The molecule has 2 rings (SSSR count). The lowest BCUT2D eigenvalue weighted by atomic mass is 10.1. The lowest BCUT2D eigenvalue weighted by molar-refractivity contribution is -0.299. The first kappa shape index (κ1) is 16.5. The maximum absolute atomic E-state index is 12.2. The monoisotopic (exact) mass is 426 g/mol. The fraction of sp³-hybridized carbons (Fsp3) is 0. The molecule has 0 spiro atoms. The second-order valence-corrected chi connectivity index (χ2v) is 5.93. The average Bonchev–Trinajstić information content (AvgIpc) is 2.49. The Morgan fingerprint density at radius 2 is 1.73 bits per heavy atom. The largest absolute Gasteiger partial charge is 0.543 e. The standard InChI is InChI=1S/C16H11ClINO3/c17-11-7-5-10(6-8-11)9-14(16(21)22)19-15(20)12-3-1-2-4-13(12)18/h1-9H,(H,19,20)(H,21,22)/p-1/b14-9+. The third-order valence-electron chi connectivity index (χ3n) is 2.77. The number of carboxylic acid groups (broad SMARTS) is 1. The second-order valence-electron chi connectivity index (χ2n) is 4.33. The summed E-state index contributed by atoms with van der Waals surface area (Å²) in [7, 11) is 0. The minimum atomic E-state index is -1.46. The highest BCUT2D eigenvalue weighted by Crippen LogP contribution is 2.14. The Hall–Kier alpha value is -1.86. The van der Waals surface area contributed by atoms with Crippen LogP contribution in [0.5, 0.6) is 0 Å². The van der Waals surface area contributed by atoms with E-state index in [2.05, 4.69) is 5.32 Å². The van der Waals surface area contributed by atoms with Gasteiger partial charge in [0.15, 0.2) is 0 Å². The zero-order chi connectivity index (χ0) is 16.1. The van der Waals surface area contributed by atoms with Gasteiger partial charge in [-0.1, -0.05) is 35.9 Å². The molecule has 22 heavy (non-hydrogen) atoms. The van der Waals surface area contributed by atoms with Gasteiger partial charge in [0.25, 0.3) is 5.91 Å². The second kappa shape index (κ2) is 7.42. The van der Waals surface area contributed by atoms with Crippen LogP contribution in [0, 0.1) is 3.57 Å². The predicted octanol–water partition coefficient (Wildman–Crippen LogP) is 2.47. The van der Waals surface area contributed by atoms with Gasteiger partial charge in [0.2, 0.25) is 0 Å². The molecule has 1 N–H and O–H groups in total. The number of halogens is 2. The molecule has 0 heterocycles. The quantitative estimate of drug-likeness (QED) is 0.603. The van der Waals surface area contributed by atoms with E-state index in [1.807, 2.05) is 22.6 Å². The van der Waals surface area contributed by atoms with Crippen molar-refractivity contribution in [1.29, 1.82) is 0 Å². The Labute approximate surface area is 145 Å². The van der Waals surface area contributed by atoms with Crippen molar-refractivity contribution in [1.82, 2.24) is 5.32 Å². The van der Waals surface area contributed by atoms with Crippen LogP contribution in [-0.4, -0.2) is 11.9 Å². The van der Waals surface area contributed by atoms with Crippen molar-refractivity contribution in [3.8, 4) is 0 Å². The van der Waals surface area contributed by atoms with Gasteiger partial charge < -0.3 is 15.2 Å². The molecule has 2 aromatic carbocycles. The zero-order valence-electron chi connectivity index (χ0n) is 11.2. The number of nitrogens with one attached hydrogen (secondary N) is 1. The van der Waals surface area contributed by atoms with Crippen LogP contribution >= 0.6 is 34.2 Å². The summed E-state index contributed by atoms with van der Waals surface area (Å²) in [6.45, 7) is 0. The molecule has 0 aliphatic heterocycles. The van der Waals surface area contributed by atoms with E-state index in [1.54, 1.807) is 48.5 Å². The van der Waals surface area contributed by atoms with E-state index in [-0.39, 0.29) is 5.70 Å². The minimum absolute atomic E-state index is 0.313. The van der Waals surface area contributed by atoms with Crippen LogP contribution in [0.1, 0.15) is 15.9 Å². The fourth-order valence-corrected chi connectivity index (χ4v) is 2.47. The number of carbonyl (C=O) groups is 2. The Morgan fingerprint density at radius 3 is 2.32 bits per heavy atom. The normalized spacial score (nSPS) is 11.1. The number of benzene rings is 2. The zero-order valence-corrected chi connectivity index (χ0v) is 14.1. The molecule has 0 aromatic heterocycles. The van der Waals surface area contributed by atoms with Gasteiger partial charge in [-0.3, -0.25) is 4.79 Å². The molecule has 0 radical (unpaired) electrons. The number of amides is 1. The molecule has 0 atom stereocenters. The third kappa shape index (κ3) is 4.32. The van der Waals surface area contributed by atoms with Gasteiger partial charge in [0.1, 0.15) is 0 Å². The Kier molecular flexibility index (Phi) is 5.57. The molecule has 0 unspecified atom stereocenters. The van der Waals surface area contributed by atoms with Crippen molar-refractivity contribution in [2.75, 3.05) is 0 Å². The van der Waals surface area contributed by atoms with Crippen molar-refractivity contribution in [3.63, 3.8) is 0 Å². The summed E-state index contributed by atoms with van der Waals surface area (Å²) in [4.78, 5) is 23.4. The van der Waals surface area contributed by atoms with Crippen molar-refractivity contribution >= 4 is 52.1 Å². The van der Waals surface area contributed by atoms with Gasteiger partial charge >= 0.3 is 0 Å². The maximum Gasteiger partial charge on any atom is 0.256 e. The molecule has 0 saturated carbocycles. The summed E-state index contributed by atoms with van der Waals surface area (Å²) in [5.41, 5.74) is 0.671. The lowest BCUT2D eigenvalue weighted by Crippen LogP contribution is -2.35. The van der Waals surface area contributed by atoms with Crippen LogP contribution in [-0.2, 0) is 4.79 Å². The van der Waals surface area contributed by atoms with Gasteiger partial charge in [-0.05, 0) is 58.5 Å². The summed E-state index contributed by atoms with van der Waals surface area (Å²) < 4.78 is 0.724. The Morgan fingerprint density at radius 1 is 1.09 bits per heavy atom. The highest BCUT2D eigenvalue weighted by Gasteiger charge is 2.11. The summed E-state index contributed by atoms with van der Waals surface area (Å²) in [5, 5.41) is 14.1. The Balaban J connectivity index is 2.26. The molecule has 0 aliphatic rings.